The first-order chi connectivity index (χ1) is 10.2. The average molecular weight is 331 g/mol. The van der Waals surface area contributed by atoms with Gasteiger partial charge in [-0.1, -0.05) is 0 Å². The predicted molar refractivity (Wildman–Crippen MR) is 74.1 cm³/mol. The summed E-state index contributed by atoms with van der Waals surface area (Å²) in [5, 5.41) is 22.0. The van der Waals surface area contributed by atoms with E-state index in [1.807, 2.05) is 0 Å². The van der Waals surface area contributed by atoms with E-state index >= 15 is 0 Å². The zero-order chi connectivity index (χ0) is 16.5. The minimum absolute atomic E-state index is 0.0950. The van der Waals surface area contributed by atoms with Crippen molar-refractivity contribution in [3.05, 3.63) is 37.9 Å². The molecule has 0 atom stereocenters. The number of hydrogen-bond acceptors (Lipinski definition) is 7. The molecule has 0 amide bonds. The normalized spacial score (nSPS) is 16.4. The van der Waals surface area contributed by atoms with Gasteiger partial charge in [-0.15, -0.1) is 0 Å². The van der Waals surface area contributed by atoms with E-state index in [-0.39, 0.29) is 31.9 Å². The van der Waals surface area contributed by atoms with Gasteiger partial charge < -0.3 is 4.74 Å². The molecule has 1 saturated heterocycles. The smallest absolute Gasteiger partial charge is 0.280 e. The molecule has 0 aliphatic carbocycles. The molecule has 0 saturated carbocycles. The molecule has 120 valence electrons. The summed E-state index contributed by atoms with van der Waals surface area (Å²) >= 11 is 0. The Labute approximate surface area is 125 Å². The van der Waals surface area contributed by atoms with Crippen molar-refractivity contribution in [1.82, 2.24) is 4.31 Å². The third-order valence-corrected chi connectivity index (χ3v) is 5.20. The quantitative estimate of drug-likeness (QED) is 0.589. The van der Waals surface area contributed by atoms with E-state index in [9.17, 15) is 28.6 Å². The molecule has 1 heterocycles. The monoisotopic (exact) mass is 331 g/mol. The van der Waals surface area contributed by atoms with Gasteiger partial charge in [0.05, 0.1) is 28.0 Å². The van der Waals surface area contributed by atoms with Crippen molar-refractivity contribution >= 4 is 21.4 Å². The molecule has 0 aromatic heterocycles. The van der Waals surface area contributed by atoms with Crippen molar-refractivity contribution in [3.63, 3.8) is 0 Å². The van der Waals surface area contributed by atoms with E-state index in [1.54, 1.807) is 0 Å². The molecule has 0 spiro atoms. The minimum atomic E-state index is -4.05. The highest BCUT2D eigenvalue weighted by Crippen LogP contribution is 2.32. The number of benzene rings is 1. The zero-order valence-corrected chi connectivity index (χ0v) is 12.4. The van der Waals surface area contributed by atoms with Crippen LogP contribution in [0.3, 0.4) is 0 Å². The molecule has 1 fully saturated rings. The van der Waals surface area contributed by atoms with Crippen LogP contribution < -0.4 is 0 Å². The Morgan fingerprint density at radius 2 is 1.55 bits per heavy atom. The van der Waals surface area contributed by atoms with Crippen molar-refractivity contribution in [1.29, 1.82) is 0 Å². The Balaban J connectivity index is 2.59. The summed E-state index contributed by atoms with van der Waals surface area (Å²) in [4.78, 5) is 19.9. The lowest BCUT2D eigenvalue weighted by Gasteiger charge is -2.25. The second-order valence-electron chi connectivity index (χ2n) is 4.62. The largest absolute Gasteiger partial charge is 0.379 e. The lowest BCUT2D eigenvalue weighted by molar-refractivity contribution is -0.395. The Bertz CT molecular complexity index is 690. The second-order valence-corrected chi connectivity index (χ2v) is 6.56. The number of hydrogen-bond donors (Lipinski definition) is 0. The minimum Gasteiger partial charge on any atom is -0.379 e. The highest BCUT2D eigenvalue weighted by atomic mass is 32.2. The van der Waals surface area contributed by atoms with Crippen molar-refractivity contribution in [2.24, 2.45) is 0 Å². The van der Waals surface area contributed by atoms with Crippen LogP contribution in [0.15, 0.2) is 17.0 Å². The predicted octanol–water partition coefficient (Wildman–Crippen LogP) is 0.832. The van der Waals surface area contributed by atoms with E-state index in [0.717, 1.165) is 16.4 Å². The summed E-state index contributed by atoms with van der Waals surface area (Å²) < 4.78 is 31.1. The molecule has 10 nitrogen and oxygen atoms in total. The molecule has 1 aliphatic rings. The molecule has 1 aromatic carbocycles. The Morgan fingerprint density at radius 1 is 1.09 bits per heavy atom. The van der Waals surface area contributed by atoms with E-state index in [1.165, 1.54) is 6.92 Å². The number of morpholine rings is 1. The summed E-state index contributed by atoms with van der Waals surface area (Å²) in [6.07, 6.45) is 0. The summed E-state index contributed by atoms with van der Waals surface area (Å²) in [6.45, 7) is 1.81. The molecular weight excluding hydrogens is 318 g/mol. The molecule has 0 bridgehead atoms. The third kappa shape index (κ3) is 2.91. The van der Waals surface area contributed by atoms with Crippen LogP contribution in [0, 0.1) is 27.2 Å². The van der Waals surface area contributed by atoms with Gasteiger partial charge in [0.25, 0.3) is 11.4 Å². The highest BCUT2D eigenvalue weighted by Gasteiger charge is 2.32. The van der Waals surface area contributed by atoms with Gasteiger partial charge in [0, 0.05) is 25.2 Å². The van der Waals surface area contributed by atoms with Gasteiger partial charge in [-0.2, -0.15) is 4.31 Å². The highest BCUT2D eigenvalue weighted by molar-refractivity contribution is 7.89. The van der Waals surface area contributed by atoms with Gasteiger partial charge >= 0.3 is 0 Å². The maximum absolute atomic E-state index is 12.5. The fourth-order valence-electron chi connectivity index (χ4n) is 2.12. The maximum Gasteiger partial charge on any atom is 0.280 e. The third-order valence-electron chi connectivity index (χ3n) is 3.33. The second kappa shape index (κ2) is 5.94. The van der Waals surface area contributed by atoms with Gasteiger partial charge in [0.15, 0.2) is 0 Å². The molecule has 1 aromatic rings. The van der Waals surface area contributed by atoms with E-state index in [0.29, 0.717) is 0 Å². The number of nitrogens with zero attached hydrogens (tertiary/aromatic N) is 3. The first-order valence-corrected chi connectivity index (χ1v) is 7.70. The summed E-state index contributed by atoms with van der Waals surface area (Å²) in [5.74, 6) is 0. The maximum atomic E-state index is 12.5. The van der Waals surface area contributed by atoms with Crippen molar-refractivity contribution in [2.45, 2.75) is 11.8 Å². The van der Waals surface area contributed by atoms with E-state index < -0.39 is 36.1 Å². The van der Waals surface area contributed by atoms with E-state index in [4.69, 9.17) is 4.74 Å². The number of rotatable bonds is 4. The Kier molecular flexibility index (Phi) is 4.39. The van der Waals surface area contributed by atoms with Crippen LogP contribution in [0.4, 0.5) is 11.4 Å². The van der Waals surface area contributed by atoms with Crippen LogP contribution in [0.25, 0.3) is 0 Å². The standard InChI is InChI=1S/C11H13N3O7S/c1-8-10(13(15)16)6-9(7-11(8)14(17)18)22(19,20)12-2-4-21-5-3-12/h6-7H,2-5H2,1H3. The number of nitro benzene ring substituents is 2. The van der Waals surface area contributed by atoms with Crippen LogP contribution in [-0.2, 0) is 14.8 Å². The zero-order valence-electron chi connectivity index (χ0n) is 11.6. The van der Waals surface area contributed by atoms with Crippen LogP contribution in [0.1, 0.15) is 5.56 Å². The van der Waals surface area contributed by atoms with Crippen LogP contribution in [-0.4, -0.2) is 48.9 Å². The van der Waals surface area contributed by atoms with Gasteiger partial charge in [0.1, 0.15) is 5.56 Å². The van der Waals surface area contributed by atoms with Crippen molar-refractivity contribution < 1.29 is 23.0 Å². The topological polar surface area (TPSA) is 133 Å². The van der Waals surface area contributed by atoms with Crippen molar-refractivity contribution in [3.8, 4) is 0 Å². The average Bonchev–Trinajstić information content (AvgIpc) is 2.47. The first kappa shape index (κ1) is 16.3. The molecule has 22 heavy (non-hydrogen) atoms. The fourth-order valence-corrected chi connectivity index (χ4v) is 3.57. The van der Waals surface area contributed by atoms with Crippen LogP contribution in [0.2, 0.25) is 0 Å². The summed E-state index contributed by atoms with van der Waals surface area (Å²) in [7, 11) is -4.05. The summed E-state index contributed by atoms with van der Waals surface area (Å²) in [6, 6.07) is 1.71. The number of sulfonamides is 1. The van der Waals surface area contributed by atoms with Gasteiger partial charge in [-0.3, -0.25) is 20.2 Å². The Morgan fingerprint density at radius 3 is 1.95 bits per heavy atom. The van der Waals surface area contributed by atoms with Gasteiger partial charge in [0.2, 0.25) is 10.0 Å². The molecule has 1 aliphatic heterocycles. The van der Waals surface area contributed by atoms with E-state index in [2.05, 4.69) is 0 Å². The molecule has 2 rings (SSSR count). The number of nitro groups is 2. The van der Waals surface area contributed by atoms with Gasteiger partial charge in [-0.05, 0) is 6.92 Å². The Hall–Kier alpha value is -2.11. The lowest BCUT2D eigenvalue weighted by atomic mass is 10.1. The fraction of sp³-hybridized carbons (Fsp3) is 0.455. The van der Waals surface area contributed by atoms with Crippen LogP contribution >= 0.6 is 0 Å². The summed E-state index contributed by atoms with van der Waals surface area (Å²) in [5.41, 5.74) is -1.38. The SMILES string of the molecule is Cc1c([N+](=O)[O-])cc(S(=O)(=O)N2CCOCC2)cc1[N+](=O)[O-]. The van der Waals surface area contributed by atoms with Crippen molar-refractivity contribution in [2.75, 3.05) is 26.3 Å². The molecule has 0 unspecified atom stereocenters. The lowest BCUT2D eigenvalue weighted by Crippen LogP contribution is -2.40. The molecular formula is C11H13N3O7S. The molecule has 11 heteroatoms. The molecule has 0 radical (unpaired) electrons. The number of ether oxygens (including phenoxy) is 1. The van der Waals surface area contributed by atoms with Crippen LogP contribution in [0.5, 0.6) is 0 Å². The first-order valence-electron chi connectivity index (χ1n) is 6.26. The molecule has 0 N–H and O–H groups in total. The van der Waals surface area contributed by atoms with Gasteiger partial charge in [-0.25, -0.2) is 8.42 Å².